The molecule has 0 aromatic heterocycles. The van der Waals surface area contributed by atoms with Crippen LogP contribution in [0.15, 0.2) is 24.3 Å². The first-order chi connectivity index (χ1) is 9.51. The normalized spacial score (nSPS) is 18.2. The zero-order valence-electron chi connectivity index (χ0n) is 12.1. The van der Waals surface area contributed by atoms with Crippen LogP contribution in [0.25, 0.3) is 0 Å². The van der Waals surface area contributed by atoms with Gasteiger partial charge < -0.3 is 14.5 Å². The van der Waals surface area contributed by atoms with Gasteiger partial charge in [0.2, 0.25) is 11.8 Å². The van der Waals surface area contributed by atoms with E-state index in [-0.39, 0.29) is 17.7 Å². The van der Waals surface area contributed by atoms with Gasteiger partial charge >= 0.3 is 0 Å². The average Bonchev–Trinajstić information content (AvgIpc) is 2.80. The van der Waals surface area contributed by atoms with Crippen molar-refractivity contribution in [2.75, 3.05) is 27.7 Å². The fourth-order valence-electron chi connectivity index (χ4n) is 2.41. The summed E-state index contributed by atoms with van der Waals surface area (Å²) in [5.41, 5.74) is 1.04. The van der Waals surface area contributed by atoms with Crippen LogP contribution in [0.1, 0.15) is 12.0 Å². The summed E-state index contributed by atoms with van der Waals surface area (Å²) < 4.78 is 5.10. The summed E-state index contributed by atoms with van der Waals surface area (Å²) in [4.78, 5) is 27.2. The summed E-state index contributed by atoms with van der Waals surface area (Å²) in [7, 11) is 5.06. The Bertz CT molecular complexity index is 496. The molecule has 0 N–H and O–H groups in total. The third-order valence-corrected chi connectivity index (χ3v) is 3.54. The number of amides is 2. The molecule has 1 aliphatic rings. The predicted octanol–water partition coefficient (Wildman–Crippen LogP) is 1.13. The molecule has 1 fully saturated rings. The first kappa shape index (κ1) is 14.4. The van der Waals surface area contributed by atoms with Gasteiger partial charge in [-0.1, -0.05) is 12.1 Å². The van der Waals surface area contributed by atoms with Crippen molar-refractivity contribution >= 4 is 11.8 Å². The smallest absolute Gasteiger partial charge is 0.227 e. The lowest BCUT2D eigenvalue weighted by Gasteiger charge is -2.18. The van der Waals surface area contributed by atoms with Crippen molar-refractivity contribution in [3.05, 3.63) is 29.8 Å². The second-order valence-corrected chi connectivity index (χ2v) is 5.26. The predicted molar refractivity (Wildman–Crippen MR) is 75.2 cm³/mol. The van der Waals surface area contributed by atoms with Gasteiger partial charge in [0.05, 0.1) is 13.0 Å². The van der Waals surface area contributed by atoms with Gasteiger partial charge in [-0.25, -0.2) is 0 Å². The Kier molecular flexibility index (Phi) is 4.27. The van der Waals surface area contributed by atoms with Crippen LogP contribution in [-0.2, 0) is 16.1 Å². The molecular formula is C15H20N2O3. The molecule has 1 aliphatic heterocycles. The van der Waals surface area contributed by atoms with E-state index in [1.165, 1.54) is 0 Å². The van der Waals surface area contributed by atoms with E-state index in [2.05, 4.69) is 0 Å². The maximum Gasteiger partial charge on any atom is 0.227 e. The Labute approximate surface area is 119 Å². The van der Waals surface area contributed by atoms with Gasteiger partial charge in [0.1, 0.15) is 5.75 Å². The standard InChI is InChI=1S/C15H20N2O3/c1-16(2)15(19)12-8-14(18)17(10-12)9-11-4-6-13(20-3)7-5-11/h4-7,12H,8-10H2,1-3H3/t12-/m0/s1. The third-order valence-electron chi connectivity index (χ3n) is 3.54. The first-order valence-corrected chi connectivity index (χ1v) is 6.63. The molecule has 5 nitrogen and oxygen atoms in total. The zero-order chi connectivity index (χ0) is 14.7. The Morgan fingerprint density at radius 1 is 1.35 bits per heavy atom. The molecule has 0 spiro atoms. The van der Waals surface area contributed by atoms with Gasteiger partial charge in [0, 0.05) is 33.6 Å². The fraction of sp³-hybridized carbons (Fsp3) is 0.467. The fourth-order valence-corrected chi connectivity index (χ4v) is 2.41. The van der Waals surface area contributed by atoms with Gasteiger partial charge in [-0.3, -0.25) is 9.59 Å². The van der Waals surface area contributed by atoms with Crippen molar-refractivity contribution in [2.24, 2.45) is 5.92 Å². The van der Waals surface area contributed by atoms with E-state index in [9.17, 15) is 9.59 Å². The molecule has 20 heavy (non-hydrogen) atoms. The Balaban J connectivity index is 1.99. The van der Waals surface area contributed by atoms with Gasteiger partial charge in [-0.05, 0) is 17.7 Å². The molecule has 1 atom stereocenters. The molecule has 5 heteroatoms. The van der Waals surface area contributed by atoms with Crippen LogP contribution < -0.4 is 4.74 Å². The highest BCUT2D eigenvalue weighted by Gasteiger charge is 2.34. The highest BCUT2D eigenvalue weighted by Crippen LogP contribution is 2.22. The number of hydrogen-bond donors (Lipinski definition) is 0. The average molecular weight is 276 g/mol. The second-order valence-electron chi connectivity index (χ2n) is 5.26. The maximum atomic E-state index is 12.0. The monoisotopic (exact) mass is 276 g/mol. The summed E-state index contributed by atoms with van der Waals surface area (Å²) in [5.74, 6) is 0.648. The van der Waals surface area contributed by atoms with E-state index < -0.39 is 0 Å². The van der Waals surface area contributed by atoms with E-state index in [1.54, 1.807) is 31.0 Å². The van der Waals surface area contributed by atoms with Crippen LogP contribution in [0.4, 0.5) is 0 Å². The SMILES string of the molecule is COc1ccc(CN2C[C@@H](C(=O)N(C)C)CC2=O)cc1. The van der Waals surface area contributed by atoms with Gasteiger partial charge in [0.15, 0.2) is 0 Å². The van der Waals surface area contributed by atoms with E-state index >= 15 is 0 Å². The maximum absolute atomic E-state index is 12.0. The Morgan fingerprint density at radius 2 is 2.00 bits per heavy atom. The van der Waals surface area contributed by atoms with E-state index in [1.807, 2.05) is 24.3 Å². The first-order valence-electron chi connectivity index (χ1n) is 6.63. The van der Waals surface area contributed by atoms with Crippen molar-refractivity contribution in [1.82, 2.24) is 9.80 Å². The highest BCUT2D eigenvalue weighted by molar-refractivity contribution is 5.89. The molecule has 1 saturated heterocycles. The molecule has 1 heterocycles. The number of benzene rings is 1. The van der Waals surface area contributed by atoms with E-state index in [0.717, 1.165) is 11.3 Å². The van der Waals surface area contributed by atoms with Gasteiger partial charge in [-0.15, -0.1) is 0 Å². The molecule has 0 aliphatic carbocycles. The van der Waals surface area contributed by atoms with Crippen molar-refractivity contribution in [3.8, 4) is 5.75 Å². The van der Waals surface area contributed by atoms with Crippen molar-refractivity contribution < 1.29 is 14.3 Å². The number of carbonyl (C=O) groups excluding carboxylic acids is 2. The number of nitrogens with zero attached hydrogens (tertiary/aromatic N) is 2. The number of hydrogen-bond acceptors (Lipinski definition) is 3. The molecule has 0 radical (unpaired) electrons. The molecule has 1 aromatic rings. The Hall–Kier alpha value is -2.04. The summed E-state index contributed by atoms with van der Waals surface area (Å²) in [5, 5.41) is 0. The van der Waals surface area contributed by atoms with Crippen molar-refractivity contribution in [2.45, 2.75) is 13.0 Å². The lowest BCUT2D eigenvalue weighted by Crippen LogP contribution is -2.31. The summed E-state index contributed by atoms with van der Waals surface area (Å²) >= 11 is 0. The van der Waals surface area contributed by atoms with Crippen LogP contribution in [0, 0.1) is 5.92 Å². The number of carbonyl (C=O) groups is 2. The van der Waals surface area contributed by atoms with Crippen LogP contribution >= 0.6 is 0 Å². The zero-order valence-corrected chi connectivity index (χ0v) is 12.1. The molecule has 0 unspecified atom stereocenters. The van der Waals surface area contributed by atoms with Crippen LogP contribution in [0.5, 0.6) is 5.75 Å². The minimum absolute atomic E-state index is 0.0237. The summed E-state index contributed by atoms with van der Waals surface area (Å²) in [6, 6.07) is 7.62. The molecule has 1 aromatic carbocycles. The number of rotatable bonds is 4. The van der Waals surface area contributed by atoms with Crippen LogP contribution in [0.2, 0.25) is 0 Å². The molecule has 2 rings (SSSR count). The van der Waals surface area contributed by atoms with E-state index in [4.69, 9.17) is 4.74 Å². The third kappa shape index (κ3) is 3.10. The number of methoxy groups -OCH3 is 1. The molecular weight excluding hydrogens is 256 g/mol. The number of ether oxygens (including phenoxy) is 1. The minimum atomic E-state index is -0.212. The largest absolute Gasteiger partial charge is 0.497 e. The topological polar surface area (TPSA) is 49.9 Å². The summed E-state index contributed by atoms with van der Waals surface area (Å²) in [6.07, 6.45) is 0.313. The molecule has 108 valence electrons. The van der Waals surface area contributed by atoms with Crippen molar-refractivity contribution in [3.63, 3.8) is 0 Å². The lowest BCUT2D eigenvalue weighted by atomic mass is 10.1. The minimum Gasteiger partial charge on any atom is -0.497 e. The molecule has 0 saturated carbocycles. The number of likely N-dealkylation sites (tertiary alicyclic amines) is 1. The lowest BCUT2D eigenvalue weighted by molar-refractivity contribution is -0.133. The summed E-state index contributed by atoms with van der Waals surface area (Å²) in [6.45, 7) is 1.04. The molecule has 0 bridgehead atoms. The van der Waals surface area contributed by atoms with Crippen molar-refractivity contribution in [1.29, 1.82) is 0 Å². The second kappa shape index (κ2) is 5.94. The van der Waals surface area contributed by atoms with Crippen LogP contribution in [-0.4, -0.2) is 49.4 Å². The molecule has 2 amide bonds. The highest BCUT2D eigenvalue weighted by atomic mass is 16.5. The Morgan fingerprint density at radius 3 is 2.55 bits per heavy atom. The van der Waals surface area contributed by atoms with Crippen LogP contribution in [0.3, 0.4) is 0 Å². The van der Waals surface area contributed by atoms with Gasteiger partial charge in [-0.2, -0.15) is 0 Å². The van der Waals surface area contributed by atoms with E-state index in [0.29, 0.717) is 19.5 Å². The van der Waals surface area contributed by atoms with Gasteiger partial charge in [0.25, 0.3) is 0 Å². The quantitative estimate of drug-likeness (QED) is 0.828.